The Hall–Kier alpha value is -2.09. The highest BCUT2D eigenvalue weighted by atomic mass is 16.6. The minimum Gasteiger partial charge on any atom is -0.505 e. The Labute approximate surface area is 108 Å². The highest BCUT2D eigenvalue weighted by Gasteiger charge is 2.62. The van der Waals surface area contributed by atoms with Crippen LogP contribution in [0.3, 0.4) is 0 Å². The van der Waals surface area contributed by atoms with Crippen LogP contribution in [-0.2, 0) is 15.1 Å². The van der Waals surface area contributed by atoms with Crippen molar-refractivity contribution in [1.82, 2.24) is 0 Å². The third kappa shape index (κ3) is 1.67. The fourth-order valence-corrected chi connectivity index (χ4v) is 2.02. The van der Waals surface area contributed by atoms with Crippen LogP contribution in [0, 0.1) is 0 Å². The summed E-state index contributed by atoms with van der Waals surface area (Å²) in [5.41, 5.74) is 0.894. The summed E-state index contributed by atoms with van der Waals surface area (Å²) in [4.78, 5) is 11.4. The first kappa shape index (κ1) is 13.3. The van der Waals surface area contributed by atoms with Gasteiger partial charge in [0.05, 0.1) is 6.61 Å². The molecule has 0 aliphatic carbocycles. The lowest BCUT2D eigenvalue weighted by atomic mass is 9.82. The topological polar surface area (TPSA) is 133 Å². The van der Waals surface area contributed by atoms with Crippen molar-refractivity contribution in [2.45, 2.75) is 11.3 Å². The van der Waals surface area contributed by atoms with E-state index in [1.807, 2.05) is 0 Å². The van der Waals surface area contributed by atoms with Crippen molar-refractivity contribution >= 4 is 5.97 Å². The number of aliphatic hydroxyl groups excluding tert-OH is 3. The van der Waals surface area contributed by atoms with Crippen molar-refractivity contribution < 1.29 is 30.0 Å². The van der Waals surface area contributed by atoms with Crippen LogP contribution in [0.25, 0.3) is 0 Å². The van der Waals surface area contributed by atoms with Gasteiger partial charge in [0, 0.05) is 5.56 Å². The highest BCUT2D eigenvalue weighted by molar-refractivity contribution is 5.90. The Morgan fingerprint density at radius 2 is 1.84 bits per heavy atom. The van der Waals surface area contributed by atoms with E-state index in [1.54, 1.807) is 18.2 Å². The predicted molar refractivity (Wildman–Crippen MR) is 62.7 cm³/mol. The molecule has 2 atom stereocenters. The lowest BCUT2D eigenvalue weighted by Gasteiger charge is -2.39. The zero-order valence-electron chi connectivity index (χ0n) is 9.78. The number of rotatable bonds is 3. The number of hydrogen-bond donors (Lipinski definition) is 5. The summed E-state index contributed by atoms with van der Waals surface area (Å²) in [7, 11) is 0. The summed E-state index contributed by atoms with van der Waals surface area (Å²) in [6.07, 6.45) is 0. The number of carbonyl (C=O) groups excluding carboxylic acids is 1. The molecule has 0 spiro atoms. The smallest absolute Gasteiger partial charge is 0.378 e. The molecule has 1 heterocycles. The maximum atomic E-state index is 11.4. The lowest BCUT2D eigenvalue weighted by Crippen LogP contribution is -2.62. The molecule has 1 aromatic rings. The Kier molecular flexibility index (Phi) is 2.97. The van der Waals surface area contributed by atoms with Crippen molar-refractivity contribution in [3.05, 3.63) is 47.4 Å². The van der Waals surface area contributed by atoms with Crippen LogP contribution in [0.5, 0.6) is 0 Å². The number of ether oxygens (including phenoxy) is 1. The molecule has 7 nitrogen and oxygen atoms in total. The van der Waals surface area contributed by atoms with Crippen molar-refractivity contribution in [2.24, 2.45) is 5.73 Å². The molecule has 6 N–H and O–H groups in total. The summed E-state index contributed by atoms with van der Waals surface area (Å²) in [5.74, 6) is -3.23. The predicted octanol–water partition coefficient (Wildman–Crippen LogP) is -0.594. The average molecular weight is 267 g/mol. The number of hydrogen-bond acceptors (Lipinski definition) is 7. The Morgan fingerprint density at radius 1 is 1.26 bits per heavy atom. The van der Waals surface area contributed by atoms with Crippen LogP contribution in [-0.4, -0.2) is 38.7 Å². The molecule has 0 saturated carbocycles. The minimum atomic E-state index is -2.50. The zero-order valence-corrected chi connectivity index (χ0v) is 9.78. The molecule has 1 aromatic carbocycles. The van der Waals surface area contributed by atoms with Crippen LogP contribution in [0.15, 0.2) is 41.9 Å². The summed E-state index contributed by atoms with van der Waals surface area (Å²) in [5, 5.41) is 38.6. The molecule has 0 aromatic heterocycles. The van der Waals surface area contributed by atoms with Crippen LogP contribution >= 0.6 is 0 Å². The molecule has 0 bridgehead atoms. The van der Waals surface area contributed by atoms with Crippen LogP contribution in [0.2, 0.25) is 0 Å². The molecule has 0 fully saturated rings. The van der Waals surface area contributed by atoms with Gasteiger partial charge in [-0.1, -0.05) is 30.3 Å². The fraction of sp³-hybridized carbons (Fsp3) is 0.250. The number of nitrogens with two attached hydrogens (primary N) is 1. The van der Waals surface area contributed by atoms with Gasteiger partial charge in [-0.3, -0.25) is 5.73 Å². The molecule has 19 heavy (non-hydrogen) atoms. The van der Waals surface area contributed by atoms with E-state index in [2.05, 4.69) is 0 Å². The largest absolute Gasteiger partial charge is 0.505 e. The third-order valence-corrected chi connectivity index (χ3v) is 3.03. The summed E-state index contributed by atoms with van der Waals surface area (Å²) < 4.78 is 4.87. The molecule has 0 amide bonds. The van der Waals surface area contributed by atoms with Gasteiger partial charge in [-0.15, -0.1) is 0 Å². The molecule has 1 aliphatic rings. The van der Waals surface area contributed by atoms with Gasteiger partial charge in [0.2, 0.25) is 11.4 Å². The van der Waals surface area contributed by atoms with Gasteiger partial charge in [-0.2, -0.15) is 0 Å². The van der Waals surface area contributed by atoms with E-state index in [0.29, 0.717) is 0 Å². The van der Waals surface area contributed by atoms with Crippen LogP contribution in [0.4, 0.5) is 0 Å². The number of benzene rings is 1. The Morgan fingerprint density at radius 3 is 2.26 bits per heavy atom. The van der Waals surface area contributed by atoms with Crippen molar-refractivity contribution in [3.8, 4) is 0 Å². The molecule has 0 unspecified atom stereocenters. The van der Waals surface area contributed by atoms with Gasteiger partial charge in [-0.25, -0.2) is 4.79 Å². The number of aliphatic hydroxyl groups is 4. The van der Waals surface area contributed by atoms with Crippen LogP contribution in [0.1, 0.15) is 5.56 Å². The van der Waals surface area contributed by atoms with Gasteiger partial charge < -0.3 is 25.2 Å². The maximum absolute atomic E-state index is 11.4. The SMILES string of the molecule is N[C@](O)(CO)[C@@]1(c2ccccc2)OC(=O)C(O)=C1O. The van der Waals surface area contributed by atoms with E-state index in [4.69, 9.17) is 10.5 Å². The van der Waals surface area contributed by atoms with Gasteiger partial charge in [0.1, 0.15) is 0 Å². The van der Waals surface area contributed by atoms with E-state index in [1.165, 1.54) is 12.1 Å². The molecule has 7 heteroatoms. The summed E-state index contributed by atoms with van der Waals surface area (Å²) in [6, 6.07) is 7.62. The minimum absolute atomic E-state index is 0.115. The van der Waals surface area contributed by atoms with E-state index < -0.39 is 35.4 Å². The molecular formula is C12H13NO6. The average Bonchev–Trinajstić information content (AvgIpc) is 2.65. The van der Waals surface area contributed by atoms with E-state index in [0.717, 1.165) is 0 Å². The molecule has 0 saturated heterocycles. The maximum Gasteiger partial charge on any atom is 0.378 e. The number of cyclic esters (lactones) is 1. The fourth-order valence-electron chi connectivity index (χ4n) is 2.02. The van der Waals surface area contributed by atoms with Gasteiger partial charge >= 0.3 is 5.97 Å². The summed E-state index contributed by atoms with van der Waals surface area (Å²) >= 11 is 0. The van der Waals surface area contributed by atoms with E-state index >= 15 is 0 Å². The lowest BCUT2D eigenvalue weighted by molar-refractivity contribution is -0.193. The second-order valence-electron chi connectivity index (χ2n) is 4.22. The first-order valence-electron chi connectivity index (χ1n) is 5.40. The van der Waals surface area contributed by atoms with Gasteiger partial charge in [-0.05, 0) is 0 Å². The molecule has 0 radical (unpaired) electrons. The quantitative estimate of drug-likeness (QED) is 0.365. The normalized spacial score (nSPS) is 26.2. The second-order valence-corrected chi connectivity index (χ2v) is 4.22. The van der Waals surface area contributed by atoms with Crippen molar-refractivity contribution in [1.29, 1.82) is 0 Å². The monoisotopic (exact) mass is 267 g/mol. The van der Waals surface area contributed by atoms with Crippen LogP contribution < -0.4 is 5.73 Å². The molecule has 1 aliphatic heterocycles. The molecular weight excluding hydrogens is 254 g/mol. The van der Waals surface area contributed by atoms with Gasteiger partial charge in [0.25, 0.3) is 0 Å². The van der Waals surface area contributed by atoms with Crippen molar-refractivity contribution in [3.63, 3.8) is 0 Å². The number of carbonyl (C=O) groups is 1. The first-order valence-corrected chi connectivity index (χ1v) is 5.40. The Bertz CT molecular complexity index is 538. The van der Waals surface area contributed by atoms with E-state index in [9.17, 15) is 25.2 Å². The highest BCUT2D eigenvalue weighted by Crippen LogP contribution is 2.45. The van der Waals surface area contributed by atoms with Crippen molar-refractivity contribution in [2.75, 3.05) is 6.61 Å². The summed E-state index contributed by atoms with van der Waals surface area (Å²) in [6.45, 7) is -1.01. The Balaban J connectivity index is 2.71. The molecule has 102 valence electrons. The number of esters is 1. The molecule has 2 rings (SSSR count). The second kappa shape index (κ2) is 4.23. The first-order chi connectivity index (χ1) is 8.87. The zero-order chi connectivity index (χ0) is 14.3. The van der Waals surface area contributed by atoms with Gasteiger partial charge in [0.15, 0.2) is 11.5 Å². The van der Waals surface area contributed by atoms with E-state index in [-0.39, 0.29) is 5.56 Å². The standard InChI is InChI=1S/C12H13NO6/c13-11(18,6-14)12(7-4-2-1-3-5-7)9(16)8(15)10(17)19-12/h1-5,14-16,18H,6,13H2/t11-,12-/m0/s1. The third-order valence-electron chi connectivity index (χ3n) is 3.03.